The average Bonchev–Trinajstić information content (AvgIpc) is 3.57. The van der Waals surface area contributed by atoms with Crippen LogP contribution in [0.1, 0.15) is 32.1 Å². The number of nitrogens with zero attached hydrogens (tertiary/aromatic N) is 2. The molecular weight excluding hydrogens is 428 g/mol. The Morgan fingerprint density at radius 2 is 1.59 bits per heavy atom. The molecule has 0 bridgehead atoms. The van der Waals surface area contributed by atoms with Gasteiger partial charge in [-0.25, -0.2) is 0 Å². The molecule has 7 nitrogen and oxygen atoms in total. The molecule has 34 heavy (non-hydrogen) atoms. The average molecular weight is 448 g/mol. The topological polar surface area (TPSA) is 101 Å². The summed E-state index contributed by atoms with van der Waals surface area (Å²) in [5.74, 6) is -0.243. The smallest absolute Gasteiger partial charge is 0.268 e. The van der Waals surface area contributed by atoms with Gasteiger partial charge in [-0.05, 0) is 18.2 Å². The van der Waals surface area contributed by atoms with Crippen molar-refractivity contribution >= 4 is 11.7 Å². The van der Waals surface area contributed by atoms with Crippen LogP contribution in [0.5, 0.6) is 0 Å². The van der Waals surface area contributed by atoms with Crippen molar-refractivity contribution < 1.29 is 14.1 Å². The molecule has 3 aromatic heterocycles. The largest absolute Gasteiger partial charge is 0.356 e. The fourth-order valence-electron chi connectivity index (χ4n) is 3.65. The van der Waals surface area contributed by atoms with Crippen LogP contribution in [0.25, 0.3) is 22.6 Å². The van der Waals surface area contributed by atoms with Gasteiger partial charge in [0.15, 0.2) is 5.76 Å². The molecule has 5 rings (SSSR count). The van der Waals surface area contributed by atoms with Gasteiger partial charge in [-0.2, -0.15) is 0 Å². The van der Waals surface area contributed by atoms with Crippen LogP contribution in [0, 0.1) is 0 Å². The van der Waals surface area contributed by atoms with Crippen LogP contribution >= 0.6 is 0 Å². The molecule has 1 amide bonds. The Hall–Kier alpha value is -4.78. The first-order valence-electron chi connectivity index (χ1n) is 10.7. The number of nitrogens with one attached hydrogen (secondary N) is 2. The third-order valence-electron chi connectivity index (χ3n) is 5.35. The number of carbonyl (C=O) groups excluding carboxylic acids is 2. The first-order valence-corrected chi connectivity index (χ1v) is 10.7. The highest BCUT2D eigenvalue weighted by atomic mass is 16.5. The molecule has 0 aliphatic heterocycles. The lowest BCUT2D eigenvalue weighted by Crippen LogP contribution is -2.23. The van der Waals surface area contributed by atoms with Gasteiger partial charge in [0.2, 0.25) is 5.78 Å². The van der Waals surface area contributed by atoms with E-state index >= 15 is 0 Å². The fourth-order valence-corrected chi connectivity index (χ4v) is 3.65. The molecule has 7 heteroatoms. The summed E-state index contributed by atoms with van der Waals surface area (Å²) in [4.78, 5) is 33.3. The molecule has 0 aliphatic rings. The van der Waals surface area contributed by atoms with Gasteiger partial charge in [-0.3, -0.25) is 14.6 Å². The van der Waals surface area contributed by atoms with Crippen LogP contribution in [0.3, 0.4) is 0 Å². The molecule has 166 valence electrons. The van der Waals surface area contributed by atoms with Gasteiger partial charge >= 0.3 is 0 Å². The summed E-state index contributed by atoms with van der Waals surface area (Å²) in [6.07, 6.45) is 3.19. The van der Waals surface area contributed by atoms with E-state index in [2.05, 4.69) is 20.4 Å². The van der Waals surface area contributed by atoms with Crippen molar-refractivity contribution in [3.8, 4) is 22.6 Å². The van der Waals surface area contributed by atoms with Crippen molar-refractivity contribution in [1.82, 2.24) is 20.4 Å². The van der Waals surface area contributed by atoms with E-state index in [0.717, 1.165) is 16.8 Å². The molecule has 0 saturated heterocycles. The van der Waals surface area contributed by atoms with Gasteiger partial charge < -0.3 is 14.8 Å². The highest BCUT2D eigenvalue weighted by molar-refractivity contribution is 6.16. The lowest BCUT2D eigenvalue weighted by atomic mass is 9.96. The molecule has 5 aromatic rings. The monoisotopic (exact) mass is 448 g/mol. The van der Waals surface area contributed by atoms with E-state index in [1.807, 2.05) is 78.9 Å². The second-order valence-electron chi connectivity index (χ2n) is 7.60. The third-order valence-corrected chi connectivity index (χ3v) is 5.35. The number of pyridine rings is 1. The van der Waals surface area contributed by atoms with E-state index in [-0.39, 0.29) is 23.9 Å². The number of rotatable bonds is 7. The molecular formula is C27H20N4O3. The van der Waals surface area contributed by atoms with Crippen LogP contribution in [-0.2, 0) is 6.54 Å². The third kappa shape index (κ3) is 4.27. The summed E-state index contributed by atoms with van der Waals surface area (Å²) in [6.45, 7) is 0.282. The maximum atomic E-state index is 13.6. The lowest BCUT2D eigenvalue weighted by molar-refractivity contribution is 0.0946. The zero-order valence-electron chi connectivity index (χ0n) is 18.1. The molecule has 0 spiro atoms. The summed E-state index contributed by atoms with van der Waals surface area (Å²) in [7, 11) is 0. The number of carbonyl (C=O) groups is 2. The zero-order valence-corrected chi connectivity index (χ0v) is 18.1. The second-order valence-corrected chi connectivity index (χ2v) is 7.60. The van der Waals surface area contributed by atoms with Gasteiger partial charge in [0.25, 0.3) is 5.91 Å². The predicted octanol–water partition coefficient (Wildman–Crippen LogP) is 4.89. The maximum absolute atomic E-state index is 13.6. The Bertz CT molecular complexity index is 1370. The normalized spacial score (nSPS) is 10.7. The van der Waals surface area contributed by atoms with E-state index in [9.17, 15) is 9.59 Å². The molecule has 2 aromatic carbocycles. The number of hydrogen-bond acceptors (Lipinski definition) is 5. The minimum atomic E-state index is -0.332. The quantitative estimate of drug-likeness (QED) is 0.345. The Balaban J connectivity index is 1.46. The zero-order chi connectivity index (χ0) is 23.3. The number of aromatic amines is 1. The van der Waals surface area contributed by atoms with E-state index < -0.39 is 0 Å². The van der Waals surface area contributed by atoms with Crippen molar-refractivity contribution in [2.24, 2.45) is 0 Å². The van der Waals surface area contributed by atoms with Crippen molar-refractivity contribution in [3.63, 3.8) is 0 Å². The summed E-state index contributed by atoms with van der Waals surface area (Å²) >= 11 is 0. The molecule has 0 fully saturated rings. The number of aromatic nitrogens is 3. The number of H-pyrrole nitrogens is 1. The SMILES string of the molecule is O=C(NCc1ccccn1)c1cc(C(=O)c2c(-c3ccccc3)noc2-c2ccccc2)c[nH]1. The Kier molecular flexibility index (Phi) is 5.82. The van der Waals surface area contributed by atoms with Crippen LogP contribution in [0.2, 0.25) is 0 Å². The summed E-state index contributed by atoms with van der Waals surface area (Å²) in [5, 5.41) is 7.02. The highest BCUT2D eigenvalue weighted by Crippen LogP contribution is 2.34. The van der Waals surface area contributed by atoms with Crippen molar-refractivity contribution in [2.45, 2.75) is 6.54 Å². The van der Waals surface area contributed by atoms with E-state index in [1.54, 1.807) is 6.20 Å². The maximum Gasteiger partial charge on any atom is 0.268 e. The molecule has 3 heterocycles. The first kappa shape index (κ1) is 21.1. The summed E-state index contributed by atoms with van der Waals surface area (Å²) in [5.41, 5.74) is 3.65. The van der Waals surface area contributed by atoms with Gasteiger partial charge in [0.1, 0.15) is 11.4 Å². The van der Waals surface area contributed by atoms with Gasteiger partial charge in [0, 0.05) is 29.1 Å². The van der Waals surface area contributed by atoms with Crippen molar-refractivity contribution in [3.05, 3.63) is 120 Å². The second kappa shape index (κ2) is 9.38. The van der Waals surface area contributed by atoms with Crippen LogP contribution in [0.4, 0.5) is 0 Å². The standard InChI is InChI=1S/C27H20N4O3/c32-25(20-15-22(29-16-20)27(33)30-17-21-13-7-8-14-28-21)23-24(18-9-3-1-4-10-18)31-34-26(23)19-11-5-2-6-12-19/h1-16,29H,17H2,(H,30,33). The van der Waals surface area contributed by atoms with Gasteiger partial charge in [0.05, 0.1) is 17.8 Å². The molecule has 0 unspecified atom stereocenters. The fraction of sp³-hybridized carbons (Fsp3) is 0.0370. The molecule has 0 saturated carbocycles. The van der Waals surface area contributed by atoms with Crippen molar-refractivity contribution in [1.29, 1.82) is 0 Å². The Morgan fingerprint density at radius 1 is 0.882 bits per heavy atom. The summed E-state index contributed by atoms with van der Waals surface area (Å²) < 4.78 is 5.65. The molecule has 0 aliphatic carbocycles. The molecule has 0 radical (unpaired) electrons. The number of amides is 1. The summed E-state index contributed by atoms with van der Waals surface area (Å²) in [6, 6.07) is 25.8. The van der Waals surface area contributed by atoms with Gasteiger partial charge in [-0.15, -0.1) is 0 Å². The Labute approximate surface area is 195 Å². The van der Waals surface area contributed by atoms with Gasteiger partial charge in [-0.1, -0.05) is 71.9 Å². The number of ketones is 1. The van der Waals surface area contributed by atoms with Crippen LogP contribution < -0.4 is 5.32 Å². The Morgan fingerprint density at radius 3 is 2.29 bits per heavy atom. The first-order chi connectivity index (χ1) is 16.7. The highest BCUT2D eigenvalue weighted by Gasteiger charge is 2.27. The van der Waals surface area contributed by atoms with E-state index in [0.29, 0.717) is 22.6 Å². The van der Waals surface area contributed by atoms with E-state index in [1.165, 1.54) is 12.3 Å². The molecule has 2 N–H and O–H groups in total. The minimum Gasteiger partial charge on any atom is -0.356 e. The number of benzene rings is 2. The van der Waals surface area contributed by atoms with Crippen LogP contribution in [-0.4, -0.2) is 26.8 Å². The van der Waals surface area contributed by atoms with Crippen molar-refractivity contribution in [2.75, 3.05) is 0 Å². The predicted molar refractivity (Wildman–Crippen MR) is 127 cm³/mol. The lowest BCUT2D eigenvalue weighted by Gasteiger charge is -2.04. The number of hydrogen-bond donors (Lipinski definition) is 2. The van der Waals surface area contributed by atoms with Crippen LogP contribution in [0.15, 0.2) is 102 Å². The minimum absolute atomic E-state index is 0.276. The van der Waals surface area contributed by atoms with E-state index in [4.69, 9.17) is 4.52 Å². The molecule has 0 atom stereocenters.